The minimum atomic E-state index is 0.926. The Morgan fingerprint density at radius 1 is 0.562 bits per heavy atom. The summed E-state index contributed by atoms with van der Waals surface area (Å²) in [5.74, 6) is 1.86. The lowest BCUT2D eigenvalue weighted by Crippen LogP contribution is -2.26. The zero-order valence-corrected chi connectivity index (χ0v) is 23.1. The highest BCUT2D eigenvalue weighted by Crippen LogP contribution is 2.22. The molecule has 0 rings (SSSR count). The minimum Gasteiger partial charge on any atom is -0.300 e. The van der Waals surface area contributed by atoms with Crippen LogP contribution in [-0.4, -0.2) is 24.5 Å². The second-order valence-electron chi connectivity index (χ2n) is 10.9. The van der Waals surface area contributed by atoms with Crippen molar-refractivity contribution in [1.82, 2.24) is 4.90 Å². The van der Waals surface area contributed by atoms with Crippen LogP contribution in [0.15, 0.2) is 12.7 Å². The molecule has 2 atom stereocenters. The Bertz CT molecular complexity index is 363. The second-order valence-corrected chi connectivity index (χ2v) is 10.9. The van der Waals surface area contributed by atoms with E-state index in [2.05, 4.69) is 45.2 Å². The van der Waals surface area contributed by atoms with Gasteiger partial charge in [-0.2, -0.15) is 0 Å². The van der Waals surface area contributed by atoms with Crippen LogP contribution in [0.2, 0.25) is 0 Å². The summed E-state index contributed by atoms with van der Waals surface area (Å²) < 4.78 is 0. The quantitative estimate of drug-likeness (QED) is 0.0937. The molecule has 0 saturated heterocycles. The van der Waals surface area contributed by atoms with Gasteiger partial charge in [0.2, 0.25) is 0 Å². The van der Waals surface area contributed by atoms with Crippen molar-refractivity contribution in [2.75, 3.05) is 19.6 Å². The molecule has 0 N–H and O–H groups in total. The number of nitrogens with zero attached hydrogens (tertiary/aromatic N) is 1. The molecule has 0 spiro atoms. The fourth-order valence-corrected chi connectivity index (χ4v) is 5.15. The maximum atomic E-state index is 3.97. The topological polar surface area (TPSA) is 3.24 Å². The number of hydrogen-bond acceptors (Lipinski definition) is 1. The zero-order chi connectivity index (χ0) is 23.7. The molecule has 1 nitrogen and oxygen atoms in total. The van der Waals surface area contributed by atoms with E-state index in [1.54, 1.807) is 0 Å². The van der Waals surface area contributed by atoms with Gasteiger partial charge in [-0.15, -0.1) is 6.58 Å². The molecule has 1 heteroatoms. The number of hydrogen-bond donors (Lipinski definition) is 0. The summed E-state index contributed by atoms with van der Waals surface area (Å²) in [7, 11) is 0. The van der Waals surface area contributed by atoms with Crippen LogP contribution in [0.5, 0.6) is 0 Å². The maximum absolute atomic E-state index is 3.97. The van der Waals surface area contributed by atoms with Gasteiger partial charge in [-0.3, -0.25) is 4.90 Å². The van der Waals surface area contributed by atoms with Gasteiger partial charge >= 0.3 is 0 Å². The molecule has 0 aliphatic heterocycles. The molecule has 0 bridgehead atoms. The molecule has 0 aliphatic rings. The highest BCUT2D eigenvalue weighted by Gasteiger charge is 2.08. The van der Waals surface area contributed by atoms with Crippen LogP contribution < -0.4 is 0 Å². The summed E-state index contributed by atoms with van der Waals surface area (Å²) in [5.41, 5.74) is 0. The van der Waals surface area contributed by atoms with Gasteiger partial charge in [0, 0.05) is 6.54 Å². The fraction of sp³-hybridized carbons (Fsp3) is 0.935. The third-order valence-electron chi connectivity index (χ3n) is 7.24. The van der Waals surface area contributed by atoms with E-state index in [4.69, 9.17) is 0 Å². The van der Waals surface area contributed by atoms with Gasteiger partial charge in [-0.05, 0) is 44.2 Å². The number of unbranched alkanes of at least 4 members (excludes halogenated alkanes) is 14. The first-order valence-corrected chi connectivity index (χ1v) is 15.0. The summed E-state index contributed by atoms with van der Waals surface area (Å²) in [4.78, 5) is 2.63. The van der Waals surface area contributed by atoms with E-state index < -0.39 is 0 Å². The second kappa shape index (κ2) is 25.3. The van der Waals surface area contributed by atoms with Gasteiger partial charge in [-0.1, -0.05) is 143 Å². The van der Waals surface area contributed by atoms with Crippen molar-refractivity contribution in [3.63, 3.8) is 0 Å². The third kappa shape index (κ3) is 22.9. The predicted octanol–water partition coefficient (Wildman–Crippen LogP) is 10.6. The predicted molar refractivity (Wildman–Crippen MR) is 149 cm³/mol. The molecule has 0 fully saturated rings. The van der Waals surface area contributed by atoms with Crippen molar-refractivity contribution in [2.24, 2.45) is 11.8 Å². The number of rotatable bonds is 26. The summed E-state index contributed by atoms with van der Waals surface area (Å²) in [6.45, 7) is 17.2. The minimum absolute atomic E-state index is 0.926. The maximum Gasteiger partial charge on any atom is 0.0160 e. The van der Waals surface area contributed by atoms with E-state index in [0.29, 0.717) is 0 Å². The van der Waals surface area contributed by atoms with Gasteiger partial charge in [0.15, 0.2) is 0 Å². The Kier molecular flexibility index (Phi) is 25.1. The molecule has 0 saturated carbocycles. The van der Waals surface area contributed by atoms with Gasteiger partial charge in [0.25, 0.3) is 0 Å². The SMILES string of the molecule is C=CCN(CCCCCCCCCC)CCCCCCCCC(C)CC(C)CCCCC. The van der Waals surface area contributed by atoms with Gasteiger partial charge < -0.3 is 0 Å². The van der Waals surface area contributed by atoms with E-state index >= 15 is 0 Å². The summed E-state index contributed by atoms with van der Waals surface area (Å²) in [5, 5.41) is 0. The lowest BCUT2D eigenvalue weighted by molar-refractivity contribution is 0.286. The zero-order valence-electron chi connectivity index (χ0n) is 23.1. The Labute approximate surface area is 205 Å². The molecule has 0 radical (unpaired) electrons. The Morgan fingerprint density at radius 3 is 1.41 bits per heavy atom. The van der Waals surface area contributed by atoms with Crippen LogP contribution in [0, 0.1) is 11.8 Å². The molecule has 192 valence electrons. The van der Waals surface area contributed by atoms with Crippen LogP contribution in [-0.2, 0) is 0 Å². The molecule has 0 aromatic rings. The molecule has 2 unspecified atom stereocenters. The molecule has 0 aliphatic carbocycles. The van der Waals surface area contributed by atoms with Crippen LogP contribution in [0.1, 0.15) is 156 Å². The lowest BCUT2D eigenvalue weighted by atomic mass is 9.89. The summed E-state index contributed by atoms with van der Waals surface area (Å²) in [6, 6.07) is 0. The highest BCUT2D eigenvalue weighted by atomic mass is 15.1. The van der Waals surface area contributed by atoms with Crippen LogP contribution >= 0.6 is 0 Å². The average molecular weight is 450 g/mol. The van der Waals surface area contributed by atoms with E-state index in [1.165, 1.54) is 142 Å². The summed E-state index contributed by atoms with van der Waals surface area (Å²) in [6.07, 6.45) is 30.5. The molecule has 0 aromatic heterocycles. The molecule has 0 amide bonds. The van der Waals surface area contributed by atoms with Crippen LogP contribution in [0.25, 0.3) is 0 Å². The van der Waals surface area contributed by atoms with Crippen LogP contribution in [0.4, 0.5) is 0 Å². The van der Waals surface area contributed by atoms with Crippen molar-refractivity contribution in [2.45, 2.75) is 156 Å². The largest absolute Gasteiger partial charge is 0.300 e. The Morgan fingerprint density at radius 2 is 0.938 bits per heavy atom. The van der Waals surface area contributed by atoms with E-state index in [0.717, 1.165) is 18.4 Å². The van der Waals surface area contributed by atoms with Gasteiger partial charge in [-0.25, -0.2) is 0 Å². The molecular weight excluding hydrogens is 386 g/mol. The molecule has 32 heavy (non-hydrogen) atoms. The Hall–Kier alpha value is -0.300. The highest BCUT2D eigenvalue weighted by molar-refractivity contribution is 4.73. The van der Waals surface area contributed by atoms with Crippen molar-refractivity contribution in [1.29, 1.82) is 0 Å². The van der Waals surface area contributed by atoms with E-state index in [-0.39, 0.29) is 0 Å². The molecule has 0 heterocycles. The smallest absolute Gasteiger partial charge is 0.0160 e. The fourth-order valence-electron chi connectivity index (χ4n) is 5.15. The Balaban J connectivity index is 3.56. The van der Waals surface area contributed by atoms with Crippen molar-refractivity contribution in [3.8, 4) is 0 Å². The molecular formula is C31H63N. The van der Waals surface area contributed by atoms with Crippen molar-refractivity contribution < 1.29 is 0 Å². The lowest BCUT2D eigenvalue weighted by Gasteiger charge is -2.20. The average Bonchev–Trinajstić information content (AvgIpc) is 2.77. The summed E-state index contributed by atoms with van der Waals surface area (Å²) >= 11 is 0. The van der Waals surface area contributed by atoms with Gasteiger partial charge in [0.05, 0.1) is 0 Å². The standard InChI is InChI=1S/C31H63N/c1-6-9-11-12-13-15-18-22-27-32(26-8-3)28-23-19-16-14-17-21-25-31(5)29-30(4)24-20-10-7-2/h8,30-31H,3,6-7,9-29H2,1-2,4-5H3. The van der Waals surface area contributed by atoms with Gasteiger partial charge in [0.1, 0.15) is 0 Å². The molecule has 0 aromatic carbocycles. The van der Waals surface area contributed by atoms with E-state index in [9.17, 15) is 0 Å². The normalized spacial score (nSPS) is 13.5. The van der Waals surface area contributed by atoms with Crippen molar-refractivity contribution in [3.05, 3.63) is 12.7 Å². The first-order valence-electron chi connectivity index (χ1n) is 15.0. The third-order valence-corrected chi connectivity index (χ3v) is 7.24. The van der Waals surface area contributed by atoms with Crippen LogP contribution in [0.3, 0.4) is 0 Å². The first kappa shape index (κ1) is 31.7. The van der Waals surface area contributed by atoms with E-state index in [1.807, 2.05) is 0 Å². The first-order chi connectivity index (χ1) is 15.6. The monoisotopic (exact) mass is 449 g/mol. The van der Waals surface area contributed by atoms with Crippen molar-refractivity contribution >= 4 is 0 Å².